The summed E-state index contributed by atoms with van der Waals surface area (Å²) in [7, 11) is 0. The molecule has 0 radical (unpaired) electrons. The molecule has 1 aromatic rings. The molecule has 27 heavy (non-hydrogen) atoms. The van der Waals surface area contributed by atoms with Gasteiger partial charge in [-0.2, -0.15) is 13.2 Å². The zero-order valence-corrected chi connectivity index (χ0v) is 16.8. The van der Waals surface area contributed by atoms with Gasteiger partial charge in [0.25, 0.3) is 0 Å². The van der Waals surface area contributed by atoms with E-state index in [2.05, 4.69) is 10.6 Å². The van der Waals surface area contributed by atoms with E-state index in [1.807, 2.05) is 45.0 Å². The van der Waals surface area contributed by atoms with Crippen molar-refractivity contribution in [2.75, 3.05) is 32.7 Å². The Bertz CT molecular complexity index is 599. The molecule has 1 fully saturated rings. The summed E-state index contributed by atoms with van der Waals surface area (Å²) in [5, 5.41) is 5.55. The fourth-order valence-electron chi connectivity index (χ4n) is 3.23. The van der Waals surface area contributed by atoms with Gasteiger partial charge in [-0.05, 0) is 17.9 Å². The summed E-state index contributed by atoms with van der Waals surface area (Å²) < 4.78 is 40.1. The zero-order valence-electron chi connectivity index (χ0n) is 16.0. The van der Waals surface area contributed by atoms with Gasteiger partial charge in [-0.25, -0.2) is 0 Å². The van der Waals surface area contributed by atoms with Crippen LogP contribution in [0.4, 0.5) is 13.2 Å². The van der Waals surface area contributed by atoms with Crippen LogP contribution >= 0.6 is 12.4 Å². The van der Waals surface area contributed by atoms with E-state index < -0.39 is 24.2 Å². The number of benzene rings is 1. The van der Waals surface area contributed by atoms with Crippen molar-refractivity contribution in [1.82, 2.24) is 15.5 Å². The van der Waals surface area contributed by atoms with Crippen LogP contribution in [0.3, 0.4) is 0 Å². The quantitative estimate of drug-likeness (QED) is 0.761. The Morgan fingerprint density at radius 2 is 1.74 bits per heavy atom. The lowest BCUT2D eigenvalue weighted by Crippen LogP contribution is -2.57. The first-order chi connectivity index (χ1) is 12.1. The van der Waals surface area contributed by atoms with Gasteiger partial charge < -0.3 is 10.6 Å². The number of nitrogens with zero attached hydrogens (tertiary/aromatic N) is 1. The van der Waals surface area contributed by atoms with Gasteiger partial charge in [0.05, 0.1) is 0 Å². The van der Waals surface area contributed by atoms with Gasteiger partial charge in [0.1, 0.15) is 6.04 Å². The highest BCUT2D eigenvalue weighted by atomic mass is 35.5. The topological polar surface area (TPSA) is 44.4 Å². The van der Waals surface area contributed by atoms with E-state index in [4.69, 9.17) is 0 Å². The third kappa shape index (κ3) is 6.97. The molecule has 1 aromatic carbocycles. The summed E-state index contributed by atoms with van der Waals surface area (Å²) in [5.74, 6) is -0.361. The van der Waals surface area contributed by atoms with Crippen LogP contribution in [0.5, 0.6) is 0 Å². The summed E-state index contributed by atoms with van der Waals surface area (Å²) in [6.07, 6.45) is -4.22. The Balaban J connectivity index is 0.00000364. The molecule has 0 bridgehead atoms. The van der Waals surface area contributed by atoms with Crippen molar-refractivity contribution >= 4 is 18.3 Å². The highest BCUT2D eigenvalue weighted by molar-refractivity contribution is 5.85. The number of nitrogens with one attached hydrogen (secondary N) is 2. The van der Waals surface area contributed by atoms with Crippen LogP contribution in [0.25, 0.3) is 0 Å². The summed E-state index contributed by atoms with van der Waals surface area (Å²) in [6.45, 7) is 7.14. The fourth-order valence-corrected chi connectivity index (χ4v) is 3.23. The van der Waals surface area contributed by atoms with E-state index in [-0.39, 0.29) is 24.7 Å². The molecule has 1 unspecified atom stereocenters. The molecule has 1 amide bonds. The monoisotopic (exact) mass is 407 g/mol. The Morgan fingerprint density at radius 1 is 1.19 bits per heavy atom. The molecular weight excluding hydrogens is 379 g/mol. The predicted octanol–water partition coefficient (Wildman–Crippen LogP) is 3.04. The Kier molecular flexibility index (Phi) is 8.57. The molecule has 0 spiro atoms. The first-order valence-electron chi connectivity index (χ1n) is 8.95. The number of alkyl halides is 3. The van der Waals surface area contributed by atoms with E-state index in [1.165, 1.54) is 4.90 Å². The second-order valence-electron chi connectivity index (χ2n) is 7.57. The van der Waals surface area contributed by atoms with E-state index in [1.54, 1.807) is 0 Å². The first-order valence-corrected chi connectivity index (χ1v) is 8.95. The molecule has 0 aromatic heterocycles. The highest BCUT2D eigenvalue weighted by Gasteiger charge is 2.44. The minimum Gasteiger partial charge on any atom is -0.354 e. The number of carbonyl (C=O) groups excluding carboxylic acids is 1. The number of carbonyl (C=O) groups is 1. The molecule has 2 rings (SSSR count). The largest absolute Gasteiger partial charge is 0.405 e. The van der Waals surface area contributed by atoms with Crippen LogP contribution in [0.2, 0.25) is 0 Å². The number of piperazine rings is 1. The van der Waals surface area contributed by atoms with Crippen molar-refractivity contribution in [2.24, 2.45) is 0 Å². The van der Waals surface area contributed by atoms with Crippen molar-refractivity contribution in [3.63, 3.8) is 0 Å². The Hall–Kier alpha value is -1.31. The molecule has 0 aliphatic carbocycles. The van der Waals surface area contributed by atoms with E-state index in [9.17, 15) is 18.0 Å². The van der Waals surface area contributed by atoms with E-state index in [0.717, 1.165) is 11.1 Å². The number of rotatable bonds is 6. The highest BCUT2D eigenvalue weighted by Crippen LogP contribution is 2.28. The molecule has 8 heteroatoms. The molecule has 4 nitrogen and oxygen atoms in total. The lowest BCUT2D eigenvalue weighted by Gasteiger charge is -2.36. The average molecular weight is 408 g/mol. The van der Waals surface area contributed by atoms with Crippen molar-refractivity contribution in [3.8, 4) is 0 Å². The second-order valence-corrected chi connectivity index (χ2v) is 7.57. The molecule has 2 N–H and O–H groups in total. The van der Waals surface area contributed by atoms with Crippen LogP contribution in [0.1, 0.15) is 31.4 Å². The van der Waals surface area contributed by atoms with Gasteiger partial charge in [-0.3, -0.25) is 9.69 Å². The molecule has 1 saturated heterocycles. The van der Waals surface area contributed by atoms with Crippen LogP contribution < -0.4 is 10.6 Å². The third-order valence-corrected chi connectivity index (χ3v) is 4.90. The smallest absolute Gasteiger partial charge is 0.354 e. The van der Waals surface area contributed by atoms with Gasteiger partial charge in [-0.1, -0.05) is 43.7 Å². The first kappa shape index (κ1) is 23.7. The molecule has 1 atom stereocenters. The average Bonchev–Trinajstić information content (AvgIpc) is 2.54. The molecular formula is C19H29ClF3N3O. The van der Waals surface area contributed by atoms with Crippen LogP contribution in [0.15, 0.2) is 24.3 Å². The minimum absolute atomic E-state index is 0. The number of hydrogen-bond donors (Lipinski definition) is 2. The number of halogens is 4. The molecule has 154 valence electrons. The minimum atomic E-state index is -4.36. The molecule has 1 heterocycles. The van der Waals surface area contributed by atoms with Gasteiger partial charge in [-0.15, -0.1) is 12.4 Å². The van der Waals surface area contributed by atoms with E-state index in [0.29, 0.717) is 26.2 Å². The maximum atomic E-state index is 13.4. The predicted molar refractivity (Wildman–Crippen MR) is 103 cm³/mol. The van der Waals surface area contributed by atoms with Crippen molar-refractivity contribution in [3.05, 3.63) is 35.4 Å². The van der Waals surface area contributed by atoms with E-state index >= 15 is 0 Å². The zero-order chi connectivity index (χ0) is 19.4. The van der Waals surface area contributed by atoms with Crippen molar-refractivity contribution in [2.45, 2.75) is 44.8 Å². The number of hydrogen-bond acceptors (Lipinski definition) is 3. The maximum absolute atomic E-state index is 13.4. The molecule has 1 aliphatic heterocycles. The van der Waals surface area contributed by atoms with Gasteiger partial charge in [0, 0.05) is 39.1 Å². The number of aryl methyl sites for hydroxylation is 1. The van der Waals surface area contributed by atoms with Crippen molar-refractivity contribution < 1.29 is 18.0 Å². The summed E-state index contributed by atoms with van der Waals surface area (Å²) in [5.41, 5.74) is 1.67. The Labute approximate surface area is 165 Å². The maximum Gasteiger partial charge on any atom is 0.405 e. The van der Waals surface area contributed by atoms with Gasteiger partial charge in [0.15, 0.2) is 0 Å². The van der Waals surface area contributed by atoms with Crippen LogP contribution in [-0.4, -0.2) is 55.7 Å². The second kappa shape index (κ2) is 9.75. The summed E-state index contributed by atoms with van der Waals surface area (Å²) >= 11 is 0. The van der Waals surface area contributed by atoms with Crippen LogP contribution in [0, 0.1) is 6.92 Å². The summed E-state index contributed by atoms with van der Waals surface area (Å²) in [6, 6.07) is 6.22. The third-order valence-electron chi connectivity index (χ3n) is 4.90. The fraction of sp³-hybridized carbons (Fsp3) is 0.632. The van der Waals surface area contributed by atoms with Gasteiger partial charge in [0.2, 0.25) is 5.91 Å². The van der Waals surface area contributed by atoms with Gasteiger partial charge >= 0.3 is 6.18 Å². The Morgan fingerprint density at radius 3 is 2.26 bits per heavy atom. The lowest BCUT2D eigenvalue weighted by atomic mass is 9.81. The SMILES string of the molecule is Cc1ccc(C(C)(C)CC(=O)NCC(N2CCNCC2)C(F)(F)F)cc1.Cl. The normalized spacial score (nSPS) is 17.1. The molecule has 0 saturated carbocycles. The number of amides is 1. The van der Waals surface area contributed by atoms with Crippen molar-refractivity contribution in [1.29, 1.82) is 0 Å². The lowest BCUT2D eigenvalue weighted by molar-refractivity contribution is -0.184. The van der Waals surface area contributed by atoms with Crippen LogP contribution in [-0.2, 0) is 10.2 Å². The summed E-state index contributed by atoms with van der Waals surface area (Å²) in [4.78, 5) is 13.7. The standard InChI is InChI=1S/C19H28F3N3O.ClH/c1-14-4-6-15(7-5-14)18(2,3)12-17(26)24-13-16(19(20,21)22)25-10-8-23-9-11-25;/h4-7,16,23H,8-13H2,1-3H3,(H,24,26);1H. The molecule has 1 aliphatic rings.